The van der Waals surface area contributed by atoms with E-state index in [1.54, 1.807) is 7.11 Å². The Morgan fingerprint density at radius 1 is 1.16 bits per heavy atom. The van der Waals surface area contributed by atoms with Crippen LogP contribution in [0.25, 0.3) is 11.3 Å². The predicted molar refractivity (Wildman–Crippen MR) is 127 cm³/mol. The standard InChI is InChI=1S/C25H32F2N4O6/c1-13-6-7-15(21(27)20(13)26)16-10-31(30-28-16)22-23(33)18(11-32)36-17(24(22)35-5)8-14-9-19(29-37-14)25(2,3)12-34-4/h6-7,9-10,17-18,22-24,32-33H,8,11-12H2,1-5H3/t17-,18-,22+,23+,24+/m1/s1. The molecule has 0 unspecified atom stereocenters. The number of ether oxygens (including phenoxy) is 3. The van der Waals surface area contributed by atoms with E-state index in [-0.39, 0.29) is 28.7 Å². The monoisotopic (exact) mass is 522 g/mol. The number of benzene rings is 1. The minimum atomic E-state index is -1.23. The van der Waals surface area contributed by atoms with Gasteiger partial charge in [0, 0.05) is 37.7 Å². The zero-order valence-electron chi connectivity index (χ0n) is 21.4. The van der Waals surface area contributed by atoms with Crippen molar-refractivity contribution in [3.8, 4) is 11.3 Å². The summed E-state index contributed by atoms with van der Waals surface area (Å²) in [7, 11) is 3.07. The molecule has 1 aromatic carbocycles. The molecule has 0 spiro atoms. The average Bonchev–Trinajstić information content (AvgIpc) is 3.54. The highest BCUT2D eigenvalue weighted by Crippen LogP contribution is 2.35. The Hall–Kier alpha value is -2.77. The molecule has 37 heavy (non-hydrogen) atoms. The molecule has 12 heteroatoms. The van der Waals surface area contributed by atoms with Crippen molar-refractivity contribution in [3.05, 3.63) is 53.0 Å². The summed E-state index contributed by atoms with van der Waals surface area (Å²) < 4.78 is 52.6. The number of methoxy groups -OCH3 is 2. The molecule has 5 atom stereocenters. The van der Waals surface area contributed by atoms with Gasteiger partial charge in [0.05, 0.1) is 31.2 Å². The lowest BCUT2D eigenvalue weighted by atomic mass is 9.88. The lowest BCUT2D eigenvalue weighted by molar-refractivity contribution is -0.212. The fourth-order valence-corrected chi connectivity index (χ4v) is 4.68. The number of aryl methyl sites for hydroxylation is 1. The van der Waals surface area contributed by atoms with Crippen molar-refractivity contribution >= 4 is 0 Å². The maximum atomic E-state index is 14.6. The van der Waals surface area contributed by atoms with E-state index < -0.39 is 48.7 Å². The third-order valence-corrected chi connectivity index (χ3v) is 6.76. The van der Waals surface area contributed by atoms with Crippen LogP contribution in [0.5, 0.6) is 0 Å². The van der Waals surface area contributed by atoms with E-state index in [0.29, 0.717) is 18.1 Å². The Morgan fingerprint density at radius 2 is 1.92 bits per heavy atom. The molecule has 0 amide bonds. The van der Waals surface area contributed by atoms with Gasteiger partial charge in [-0.15, -0.1) is 5.10 Å². The number of aromatic nitrogens is 4. The van der Waals surface area contributed by atoms with Crippen molar-refractivity contribution in [1.29, 1.82) is 0 Å². The lowest BCUT2D eigenvalue weighted by Gasteiger charge is -2.43. The highest BCUT2D eigenvalue weighted by atomic mass is 19.2. The number of hydrogen-bond donors (Lipinski definition) is 2. The molecule has 10 nitrogen and oxygen atoms in total. The second kappa shape index (κ2) is 10.9. The van der Waals surface area contributed by atoms with Crippen molar-refractivity contribution < 1.29 is 37.7 Å². The minimum absolute atomic E-state index is 0.0620. The zero-order valence-corrected chi connectivity index (χ0v) is 21.4. The molecule has 1 fully saturated rings. The summed E-state index contributed by atoms with van der Waals surface area (Å²) in [5.41, 5.74) is 0.523. The first kappa shape index (κ1) is 27.3. The maximum Gasteiger partial charge on any atom is 0.168 e. The van der Waals surface area contributed by atoms with Crippen molar-refractivity contribution in [3.63, 3.8) is 0 Å². The van der Waals surface area contributed by atoms with Crippen LogP contribution in [0.1, 0.15) is 36.9 Å². The maximum absolute atomic E-state index is 14.6. The number of hydrogen-bond acceptors (Lipinski definition) is 9. The van der Waals surface area contributed by atoms with Gasteiger partial charge in [-0.05, 0) is 18.6 Å². The molecule has 1 saturated heterocycles. The fraction of sp³-hybridized carbons (Fsp3) is 0.560. The Balaban J connectivity index is 1.63. The van der Waals surface area contributed by atoms with E-state index in [1.807, 2.05) is 19.9 Å². The van der Waals surface area contributed by atoms with Crippen LogP contribution in [0.15, 0.2) is 28.9 Å². The number of halogens is 2. The lowest BCUT2D eigenvalue weighted by Crippen LogP contribution is -2.57. The highest BCUT2D eigenvalue weighted by molar-refractivity contribution is 5.59. The quantitative estimate of drug-likeness (QED) is 0.436. The van der Waals surface area contributed by atoms with Crippen molar-refractivity contribution in [2.75, 3.05) is 27.4 Å². The van der Waals surface area contributed by atoms with Gasteiger partial charge in [0.1, 0.15) is 35.8 Å². The molecule has 0 aliphatic carbocycles. The second-order valence-electron chi connectivity index (χ2n) is 9.92. The number of aliphatic hydroxyl groups excluding tert-OH is 2. The van der Waals surface area contributed by atoms with E-state index >= 15 is 0 Å². The number of rotatable bonds is 9. The molecule has 0 bridgehead atoms. The summed E-state index contributed by atoms with van der Waals surface area (Å²) in [6.45, 7) is 5.40. The van der Waals surface area contributed by atoms with Gasteiger partial charge >= 0.3 is 0 Å². The molecule has 2 aromatic heterocycles. The second-order valence-corrected chi connectivity index (χ2v) is 9.92. The van der Waals surface area contributed by atoms with Gasteiger partial charge in [0.15, 0.2) is 11.6 Å². The van der Waals surface area contributed by atoms with Gasteiger partial charge in [0.25, 0.3) is 0 Å². The van der Waals surface area contributed by atoms with Crippen LogP contribution in [0, 0.1) is 18.6 Å². The molecule has 1 aliphatic heterocycles. The summed E-state index contributed by atoms with van der Waals surface area (Å²) >= 11 is 0. The highest BCUT2D eigenvalue weighted by Gasteiger charge is 2.47. The van der Waals surface area contributed by atoms with Crippen LogP contribution < -0.4 is 0 Å². The number of nitrogens with zero attached hydrogens (tertiary/aromatic N) is 4. The van der Waals surface area contributed by atoms with Crippen LogP contribution in [-0.4, -0.2) is 82.2 Å². The Bertz CT molecular complexity index is 1220. The third kappa shape index (κ3) is 5.30. The Morgan fingerprint density at radius 3 is 2.59 bits per heavy atom. The van der Waals surface area contributed by atoms with E-state index in [0.717, 1.165) is 0 Å². The molecular weight excluding hydrogens is 490 g/mol. The zero-order chi connectivity index (χ0) is 26.9. The predicted octanol–water partition coefficient (Wildman–Crippen LogP) is 2.36. The van der Waals surface area contributed by atoms with Crippen LogP contribution in [0.2, 0.25) is 0 Å². The molecule has 1 aliphatic rings. The van der Waals surface area contributed by atoms with Crippen molar-refractivity contribution in [1.82, 2.24) is 20.2 Å². The molecule has 202 valence electrons. The Kier molecular flexibility index (Phi) is 8.05. The van der Waals surface area contributed by atoms with Crippen LogP contribution in [0.3, 0.4) is 0 Å². The summed E-state index contributed by atoms with van der Waals surface area (Å²) in [6.07, 6.45) is -1.98. The number of aliphatic hydroxyl groups is 2. The molecule has 4 rings (SSSR count). The molecule has 3 aromatic rings. The summed E-state index contributed by atoms with van der Waals surface area (Å²) in [4.78, 5) is 0. The first-order valence-corrected chi connectivity index (χ1v) is 11.9. The molecule has 0 radical (unpaired) electrons. The van der Waals surface area contributed by atoms with Crippen molar-refractivity contribution in [2.45, 2.75) is 63.1 Å². The van der Waals surface area contributed by atoms with Gasteiger partial charge in [-0.1, -0.05) is 30.3 Å². The van der Waals surface area contributed by atoms with Gasteiger partial charge in [-0.25, -0.2) is 13.5 Å². The van der Waals surface area contributed by atoms with Gasteiger partial charge < -0.3 is 28.9 Å². The van der Waals surface area contributed by atoms with Crippen LogP contribution >= 0.6 is 0 Å². The summed E-state index contributed by atoms with van der Waals surface area (Å²) in [5.74, 6) is -1.48. The third-order valence-electron chi connectivity index (χ3n) is 6.76. The SMILES string of the molecule is COCC(C)(C)c1cc(C[C@H]2O[C@H](CO)[C@H](O)[C@H](n3cc(-c4ccc(C)c(F)c4F)nn3)[C@H]2OC)on1. The Labute approximate surface area is 213 Å². The molecule has 3 heterocycles. The normalized spacial score (nSPS) is 24.5. The van der Waals surface area contributed by atoms with Crippen LogP contribution in [0.4, 0.5) is 8.78 Å². The summed E-state index contributed by atoms with van der Waals surface area (Å²) in [6, 6.07) is 3.83. The largest absolute Gasteiger partial charge is 0.394 e. The first-order valence-electron chi connectivity index (χ1n) is 11.9. The van der Waals surface area contributed by atoms with Gasteiger partial charge in [-0.3, -0.25) is 0 Å². The van der Waals surface area contributed by atoms with E-state index in [9.17, 15) is 19.0 Å². The smallest absolute Gasteiger partial charge is 0.168 e. The van der Waals surface area contributed by atoms with Gasteiger partial charge in [0.2, 0.25) is 0 Å². The average molecular weight is 523 g/mol. The van der Waals surface area contributed by atoms with Crippen molar-refractivity contribution in [2.24, 2.45) is 0 Å². The first-order chi connectivity index (χ1) is 17.6. The molecule has 0 saturated carbocycles. The van der Waals surface area contributed by atoms with E-state index in [2.05, 4.69) is 15.5 Å². The molecule has 2 N–H and O–H groups in total. The fourth-order valence-electron chi connectivity index (χ4n) is 4.68. The van der Waals surface area contributed by atoms with E-state index in [1.165, 1.54) is 37.0 Å². The topological polar surface area (TPSA) is 125 Å². The minimum Gasteiger partial charge on any atom is -0.394 e. The molecular formula is C25H32F2N4O6. The summed E-state index contributed by atoms with van der Waals surface area (Å²) in [5, 5.41) is 33.2. The van der Waals surface area contributed by atoms with Gasteiger partial charge in [-0.2, -0.15) is 0 Å². The van der Waals surface area contributed by atoms with Crippen LogP contribution in [-0.2, 0) is 26.0 Å². The van der Waals surface area contributed by atoms with E-state index in [4.69, 9.17) is 18.7 Å².